The number of rotatable bonds is 2. The van der Waals surface area contributed by atoms with Gasteiger partial charge < -0.3 is 14.9 Å². The molecule has 3 heterocycles. The summed E-state index contributed by atoms with van der Waals surface area (Å²) >= 11 is 0. The van der Waals surface area contributed by atoms with Gasteiger partial charge in [-0.25, -0.2) is 9.97 Å². The number of aryl methyl sites for hydroxylation is 2. The van der Waals surface area contributed by atoms with E-state index in [0.717, 1.165) is 35.3 Å². The van der Waals surface area contributed by atoms with E-state index in [1.807, 2.05) is 25.1 Å². The second kappa shape index (κ2) is 6.40. The van der Waals surface area contributed by atoms with Crippen LogP contribution in [0.4, 0.5) is 0 Å². The second-order valence-corrected chi connectivity index (χ2v) is 6.89. The van der Waals surface area contributed by atoms with Crippen LogP contribution in [-0.4, -0.2) is 43.8 Å². The number of nitrogens with one attached hydrogen (secondary N) is 2. The number of hydrogen-bond acceptors (Lipinski definition) is 4. The molecule has 1 fully saturated rings. The number of para-hydroxylation sites is 1. The number of likely N-dealkylation sites (tertiary alicyclic amines) is 1. The van der Waals surface area contributed by atoms with E-state index in [4.69, 9.17) is 4.98 Å². The van der Waals surface area contributed by atoms with Gasteiger partial charge in [-0.15, -0.1) is 0 Å². The van der Waals surface area contributed by atoms with E-state index >= 15 is 0 Å². The van der Waals surface area contributed by atoms with Crippen LogP contribution in [0.5, 0.6) is 0 Å². The summed E-state index contributed by atoms with van der Waals surface area (Å²) in [4.78, 5) is 41.4. The van der Waals surface area contributed by atoms with E-state index < -0.39 is 0 Å². The van der Waals surface area contributed by atoms with Crippen molar-refractivity contribution in [2.45, 2.75) is 32.6 Å². The molecule has 7 nitrogen and oxygen atoms in total. The number of amides is 1. The van der Waals surface area contributed by atoms with E-state index in [9.17, 15) is 9.59 Å². The molecule has 2 aromatic heterocycles. The number of nitrogens with zero attached hydrogens (tertiary/aromatic N) is 3. The van der Waals surface area contributed by atoms with Crippen LogP contribution in [0, 0.1) is 13.8 Å². The van der Waals surface area contributed by atoms with Crippen molar-refractivity contribution < 1.29 is 4.79 Å². The van der Waals surface area contributed by atoms with E-state index in [1.165, 1.54) is 6.20 Å². The summed E-state index contributed by atoms with van der Waals surface area (Å²) in [6.45, 7) is 4.92. The molecule has 1 amide bonds. The van der Waals surface area contributed by atoms with Gasteiger partial charge in [-0.05, 0) is 38.3 Å². The third-order valence-corrected chi connectivity index (χ3v) is 4.98. The lowest BCUT2D eigenvalue weighted by Crippen LogP contribution is -2.41. The van der Waals surface area contributed by atoms with Crippen molar-refractivity contribution in [3.05, 3.63) is 57.5 Å². The molecular formula is C19H21N5O2. The largest absolute Gasteiger partial charge is 0.342 e. The second-order valence-electron chi connectivity index (χ2n) is 6.89. The molecule has 0 saturated carbocycles. The molecule has 4 rings (SSSR count). The maximum atomic E-state index is 12.8. The minimum Gasteiger partial charge on any atom is -0.342 e. The first-order chi connectivity index (χ1) is 12.5. The number of benzene rings is 1. The lowest BCUT2D eigenvalue weighted by molar-refractivity contribution is 0.0702. The number of carbonyl (C=O) groups excluding carboxylic acids is 1. The number of imidazole rings is 1. The molecule has 0 spiro atoms. The van der Waals surface area contributed by atoms with Crippen molar-refractivity contribution in [1.82, 2.24) is 24.8 Å². The van der Waals surface area contributed by atoms with Gasteiger partial charge >= 0.3 is 0 Å². The Balaban J connectivity index is 1.59. The number of fused-ring (bicyclic) bond motifs is 1. The minimum absolute atomic E-state index is 0.0942. The average molecular weight is 351 g/mol. The van der Waals surface area contributed by atoms with Gasteiger partial charge in [0, 0.05) is 25.2 Å². The monoisotopic (exact) mass is 351 g/mol. The molecule has 0 aliphatic carbocycles. The van der Waals surface area contributed by atoms with Crippen LogP contribution in [0.15, 0.2) is 29.2 Å². The van der Waals surface area contributed by atoms with E-state index in [2.05, 4.69) is 15.0 Å². The first-order valence-electron chi connectivity index (χ1n) is 8.83. The molecule has 2 N–H and O–H groups in total. The molecule has 1 aromatic carbocycles. The normalized spacial score (nSPS) is 17.6. The van der Waals surface area contributed by atoms with Gasteiger partial charge in [0.2, 0.25) is 0 Å². The molecular weight excluding hydrogens is 330 g/mol. The third kappa shape index (κ3) is 2.89. The third-order valence-electron chi connectivity index (χ3n) is 4.98. The topological polar surface area (TPSA) is 94.7 Å². The lowest BCUT2D eigenvalue weighted by Gasteiger charge is -2.31. The van der Waals surface area contributed by atoms with E-state index in [0.29, 0.717) is 18.9 Å². The SMILES string of the molecule is Cc1ncc(C(=O)N2CCC[C@@H](c3nc4c(C)cccc4[nH]3)C2)c(=O)[nH]1. The highest BCUT2D eigenvalue weighted by molar-refractivity contribution is 5.93. The predicted molar refractivity (Wildman–Crippen MR) is 98.3 cm³/mol. The number of piperidine rings is 1. The summed E-state index contributed by atoms with van der Waals surface area (Å²) in [5, 5.41) is 0. The zero-order valence-electron chi connectivity index (χ0n) is 14.9. The molecule has 1 aliphatic heterocycles. The molecule has 0 radical (unpaired) electrons. The molecule has 1 aliphatic rings. The Morgan fingerprint density at radius 1 is 1.27 bits per heavy atom. The summed E-state index contributed by atoms with van der Waals surface area (Å²) < 4.78 is 0. The number of H-pyrrole nitrogens is 2. The molecule has 7 heteroatoms. The zero-order chi connectivity index (χ0) is 18.3. The smallest absolute Gasteiger partial charge is 0.263 e. The maximum Gasteiger partial charge on any atom is 0.263 e. The van der Waals surface area contributed by atoms with Crippen LogP contribution >= 0.6 is 0 Å². The van der Waals surface area contributed by atoms with Crippen LogP contribution in [0.2, 0.25) is 0 Å². The average Bonchev–Trinajstić information content (AvgIpc) is 3.07. The van der Waals surface area contributed by atoms with Crippen LogP contribution in [-0.2, 0) is 0 Å². The fraction of sp³-hybridized carbons (Fsp3) is 0.368. The Morgan fingerprint density at radius 3 is 2.88 bits per heavy atom. The quantitative estimate of drug-likeness (QED) is 0.740. The van der Waals surface area contributed by atoms with Crippen molar-refractivity contribution in [3.8, 4) is 0 Å². The first-order valence-corrected chi connectivity index (χ1v) is 8.83. The highest BCUT2D eigenvalue weighted by Gasteiger charge is 2.28. The van der Waals surface area contributed by atoms with Crippen molar-refractivity contribution in [2.24, 2.45) is 0 Å². The van der Waals surface area contributed by atoms with Crippen LogP contribution in [0.3, 0.4) is 0 Å². The van der Waals surface area contributed by atoms with Gasteiger partial charge in [0.15, 0.2) is 0 Å². The van der Waals surface area contributed by atoms with Gasteiger partial charge in [-0.1, -0.05) is 12.1 Å². The van der Waals surface area contributed by atoms with Gasteiger partial charge in [0.25, 0.3) is 11.5 Å². The zero-order valence-corrected chi connectivity index (χ0v) is 14.9. The molecule has 134 valence electrons. The summed E-state index contributed by atoms with van der Waals surface area (Å²) in [5.41, 5.74) is 2.83. The molecule has 0 unspecified atom stereocenters. The minimum atomic E-state index is -0.385. The van der Waals surface area contributed by atoms with Gasteiger partial charge in [0.1, 0.15) is 17.2 Å². The Labute approximate surface area is 150 Å². The highest BCUT2D eigenvalue weighted by atomic mass is 16.2. The van der Waals surface area contributed by atoms with Crippen molar-refractivity contribution in [3.63, 3.8) is 0 Å². The van der Waals surface area contributed by atoms with Crippen LogP contribution in [0.1, 0.15) is 46.3 Å². The van der Waals surface area contributed by atoms with Crippen molar-refractivity contribution >= 4 is 16.9 Å². The summed E-state index contributed by atoms with van der Waals surface area (Å²) in [6, 6.07) is 6.06. The first kappa shape index (κ1) is 16.5. The van der Waals surface area contributed by atoms with Crippen molar-refractivity contribution in [2.75, 3.05) is 13.1 Å². The number of aromatic nitrogens is 4. The Morgan fingerprint density at radius 2 is 2.12 bits per heavy atom. The molecule has 3 aromatic rings. The standard InChI is InChI=1S/C19H21N5O2/c1-11-5-3-7-15-16(11)23-17(22-15)13-6-4-8-24(10-13)19(26)14-9-20-12(2)21-18(14)25/h3,5,7,9,13H,4,6,8,10H2,1-2H3,(H,22,23)(H,20,21,25)/t13-/m1/s1. The van der Waals surface area contributed by atoms with E-state index in [1.54, 1.807) is 11.8 Å². The lowest BCUT2D eigenvalue weighted by atomic mass is 9.97. The summed E-state index contributed by atoms with van der Waals surface area (Å²) in [7, 11) is 0. The molecule has 1 saturated heterocycles. The highest BCUT2D eigenvalue weighted by Crippen LogP contribution is 2.28. The Bertz CT molecular complexity index is 1040. The molecule has 0 bridgehead atoms. The Hall–Kier alpha value is -2.96. The maximum absolute atomic E-state index is 12.8. The Kier molecular flexibility index (Phi) is 4.06. The van der Waals surface area contributed by atoms with Gasteiger partial charge in [-0.2, -0.15) is 0 Å². The van der Waals surface area contributed by atoms with Crippen LogP contribution < -0.4 is 5.56 Å². The van der Waals surface area contributed by atoms with Crippen molar-refractivity contribution in [1.29, 1.82) is 0 Å². The van der Waals surface area contributed by atoms with E-state index in [-0.39, 0.29) is 22.9 Å². The van der Waals surface area contributed by atoms with Gasteiger partial charge in [0.05, 0.1) is 11.0 Å². The predicted octanol–water partition coefficient (Wildman–Crippen LogP) is 2.28. The fourth-order valence-electron chi connectivity index (χ4n) is 3.58. The number of hydrogen-bond donors (Lipinski definition) is 2. The molecule has 1 atom stereocenters. The summed E-state index contributed by atoms with van der Waals surface area (Å²) in [6.07, 6.45) is 3.21. The number of aromatic amines is 2. The van der Waals surface area contributed by atoms with Gasteiger partial charge in [-0.3, -0.25) is 9.59 Å². The summed E-state index contributed by atoms with van der Waals surface area (Å²) in [5.74, 6) is 1.27. The van der Waals surface area contributed by atoms with Crippen LogP contribution in [0.25, 0.3) is 11.0 Å². The molecule has 26 heavy (non-hydrogen) atoms. The number of carbonyl (C=O) groups is 1. The fourth-order valence-corrected chi connectivity index (χ4v) is 3.58.